The molecule has 0 aromatic rings. The smallest absolute Gasteiger partial charge is 0.462 e. The Labute approximate surface area is 632 Å². The molecule has 0 aromatic heterocycles. The Kier molecular flexibility index (Phi) is 74.1. The van der Waals surface area contributed by atoms with Crippen molar-refractivity contribution in [1.29, 1.82) is 0 Å². The van der Waals surface area contributed by atoms with E-state index in [1.807, 2.05) is 0 Å². The second kappa shape index (κ2) is 75.5. The molecule has 0 heterocycles. The maximum Gasteiger partial charge on any atom is 0.472 e. The molecular weight excluding hydrogens is 1340 g/mol. The van der Waals surface area contributed by atoms with Crippen molar-refractivity contribution in [3.8, 4) is 0 Å². The van der Waals surface area contributed by atoms with Crippen molar-refractivity contribution in [2.24, 2.45) is 11.8 Å². The first-order valence-electron chi connectivity index (χ1n) is 43.5. The summed E-state index contributed by atoms with van der Waals surface area (Å²) in [7, 11) is -9.92. The van der Waals surface area contributed by atoms with E-state index in [1.54, 1.807) is 0 Å². The van der Waals surface area contributed by atoms with Crippen LogP contribution in [-0.2, 0) is 65.4 Å². The molecule has 0 fully saturated rings. The van der Waals surface area contributed by atoms with Crippen LogP contribution in [0.25, 0.3) is 0 Å². The van der Waals surface area contributed by atoms with Crippen LogP contribution in [0.1, 0.15) is 446 Å². The molecular formula is C84H164O17P2. The predicted molar refractivity (Wildman–Crippen MR) is 423 cm³/mol. The minimum Gasteiger partial charge on any atom is -0.462 e. The quantitative estimate of drug-likeness (QED) is 0.0222. The van der Waals surface area contributed by atoms with E-state index in [2.05, 4.69) is 41.5 Å². The van der Waals surface area contributed by atoms with Crippen molar-refractivity contribution in [3.05, 3.63) is 0 Å². The molecule has 17 nitrogen and oxygen atoms in total. The van der Waals surface area contributed by atoms with E-state index in [0.717, 1.165) is 102 Å². The fourth-order valence-corrected chi connectivity index (χ4v) is 14.6. The van der Waals surface area contributed by atoms with E-state index in [-0.39, 0.29) is 25.7 Å². The zero-order valence-corrected chi connectivity index (χ0v) is 69.4. The van der Waals surface area contributed by atoms with Crippen molar-refractivity contribution < 1.29 is 80.2 Å². The highest BCUT2D eigenvalue weighted by atomic mass is 31.2. The standard InChI is InChI=1S/C84H164O17P2/c1-7-9-11-13-15-17-19-21-22-23-24-25-26-27-28-29-33-38-44-51-57-63-69-84(89)100-79(72-94-81(86)66-60-54-48-42-36-34-30-32-35-40-46-52-58-64-76(3)4)74-98-102(90,91)96-70-78(85)71-97-103(92,93)99-75-80(73-95-82(87)67-61-55-49-45-39-41-47-53-59-65-77(5)6)101-83(88)68-62-56-50-43-37-31-20-18-16-14-12-10-8-2/h76-80,85H,7-75H2,1-6H3,(H,90,91)(H,92,93)/t78-,79-,80-/m1/s1. The molecule has 0 saturated heterocycles. The fraction of sp³-hybridized carbons (Fsp3) is 0.952. The van der Waals surface area contributed by atoms with Gasteiger partial charge in [0.15, 0.2) is 12.2 Å². The van der Waals surface area contributed by atoms with Crippen molar-refractivity contribution >= 4 is 39.5 Å². The predicted octanol–water partition coefficient (Wildman–Crippen LogP) is 25.5. The average Bonchev–Trinajstić information content (AvgIpc) is 0.928. The third kappa shape index (κ3) is 78.0. The van der Waals surface area contributed by atoms with Crippen LogP contribution < -0.4 is 0 Å². The highest BCUT2D eigenvalue weighted by Crippen LogP contribution is 2.45. The van der Waals surface area contributed by atoms with E-state index in [0.29, 0.717) is 25.7 Å². The number of phosphoric acid groups is 2. The van der Waals surface area contributed by atoms with Gasteiger partial charge in [0.25, 0.3) is 0 Å². The maximum atomic E-state index is 13.1. The first-order valence-corrected chi connectivity index (χ1v) is 46.5. The van der Waals surface area contributed by atoms with E-state index in [9.17, 15) is 43.2 Å². The van der Waals surface area contributed by atoms with Crippen molar-refractivity contribution in [1.82, 2.24) is 0 Å². The summed E-state index contributed by atoms with van der Waals surface area (Å²) < 4.78 is 68.8. The van der Waals surface area contributed by atoms with Crippen LogP contribution in [0, 0.1) is 11.8 Å². The number of carbonyl (C=O) groups is 4. The summed E-state index contributed by atoms with van der Waals surface area (Å²) in [6.45, 7) is 9.65. The number of esters is 4. The number of aliphatic hydroxyl groups excluding tert-OH is 1. The number of unbranched alkanes of at least 4 members (excludes halogenated alkanes) is 53. The van der Waals surface area contributed by atoms with Gasteiger partial charge in [-0.25, -0.2) is 9.13 Å². The van der Waals surface area contributed by atoms with Crippen LogP contribution >= 0.6 is 15.6 Å². The number of hydrogen-bond donors (Lipinski definition) is 3. The molecule has 0 aliphatic rings. The molecule has 612 valence electrons. The lowest BCUT2D eigenvalue weighted by atomic mass is 10.0. The van der Waals surface area contributed by atoms with Crippen LogP contribution in [0.4, 0.5) is 0 Å². The van der Waals surface area contributed by atoms with Crippen molar-refractivity contribution in [3.63, 3.8) is 0 Å². The molecule has 0 bridgehead atoms. The van der Waals surface area contributed by atoms with Crippen molar-refractivity contribution in [2.45, 2.75) is 464 Å². The summed E-state index contributed by atoms with van der Waals surface area (Å²) in [6, 6.07) is 0. The Bertz CT molecular complexity index is 1980. The molecule has 0 aliphatic carbocycles. The van der Waals surface area contributed by atoms with Crippen LogP contribution in [-0.4, -0.2) is 96.7 Å². The topological polar surface area (TPSA) is 237 Å². The monoisotopic (exact) mass is 1510 g/mol. The minimum atomic E-state index is -4.96. The molecule has 2 unspecified atom stereocenters. The third-order valence-electron chi connectivity index (χ3n) is 19.7. The summed E-state index contributed by atoms with van der Waals surface area (Å²) in [5, 5.41) is 10.7. The van der Waals surface area contributed by atoms with Gasteiger partial charge in [-0.1, -0.05) is 395 Å². The van der Waals surface area contributed by atoms with E-state index in [1.165, 1.54) is 263 Å². The normalized spacial score (nSPS) is 13.9. The van der Waals surface area contributed by atoms with Gasteiger partial charge in [-0.2, -0.15) is 0 Å². The van der Waals surface area contributed by atoms with Gasteiger partial charge in [-0.3, -0.25) is 37.3 Å². The molecule has 0 amide bonds. The molecule has 19 heteroatoms. The lowest BCUT2D eigenvalue weighted by Gasteiger charge is -2.21. The minimum absolute atomic E-state index is 0.108. The van der Waals surface area contributed by atoms with Crippen molar-refractivity contribution in [2.75, 3.05) is 39.6 Å². The zero-order chi connectivity index (χ0) is 75.6. The number of ether oxygens (including phenoxy) is 4. The lowest BCUT2D eigenvalue weighted by Crippen LogP contribution is -2.30. The molecule has 5 atom stereocenters. The summed E-state index contributed by atoms with van der Waals surface area (Å²) in [5.74, 6) is -0.570. The summed E-state index contributed by atoms with van der Waals surface area (Å²) in [5.41, 5.74) is 0. The van der Waals surface area contributed by atoms with Gasteiger partial charge >= 0.3 is 39.5 Å². The van der Waals surface area contributed by atoms with E-state index < -0.39 is 97.5 Å². The van der Waals surface area contributed by atoms with E-state index >= 15 is 0 Å². The lowest BCUT2D eigenvalue weighted by molar-refractivity contribution is -0.161. The summed E-state index contributed by atoms with van der Waals surface area (Å²) in [6.07, 6.45) is 66.7. The van der Waals surface area contributed by atoms with E-state index in [4.69, 9.17) is 37.0 Å². The van der Waals surface area contributed by atoms with Crippen LogP contribution in [0.3, 0.4) is 0 Å². The summed E-state index contributed by atoms with van der Waals surface area (Å²) in [4.78, 5) is 73.1. The fourth-order valence-electron chi connectivity index (χ4n) is 13.1. The Morgan fingerprint density at radius 3 is 0.660 bits per heavy atom. The highest BCUT2D eigenvalue weighted by molar-refractivity contribution is 7.47. The first-order chi connectivity index (χ1) is 49.9. The Morgan fingerprint density at radius 1 is 0.262 bits per heavy atom. The van der Waals surface area contributed by atoms with Crippen LogP contribution in [0.2, 0.25) is 0 Å². The van der Waals surface area contributed by atoms with Crippen LogP contribution in [0.15, 0.2) is 0 Å². The van der Waals surface area contributed by atoms with Gasteiger partial charge in [-0.05, 0) is 37.5 Å². The van der Waals surface area contributed by atoms with Gasteiger partial charge in [0.05, 0.1) is 26.4 Å². The summed E-state index contributed by atoms with van der Waals surface area (Å²) >= 11 is 0. The SMILES string of the molecule is CCCCCCCCCCCCCCCCCCCCCCCCC(=O)O[C@H](COC(=O)CCCCCCCCCCCCCCCC(C)C)COP(=O)(O)OC[C@@H](O)COP(=O)(O)OC[C@@H](COC(=O)CCCCCCCCCCCC(C)C)OC(=O)CCCCCCCCCCCCCCC. The number of hydrogen-bond acceptors (Lipinski definition) is 15. The largest absolute Gasteiger partial charge is 0.472 e. The molecule has 103 heavy (non-hydrogen) atoms. The maximum absolute atomic E-state index is 13.1. The molecule has 0 radical (unpaired) electrons. The van der Waals surface area contributed by atoms with Gasteiger partial charge < -0.3 is 33.8 Å². The first kappa shape index (κ1) is 101. The zero-order valence-electron chi connectivity index (χ0n) is 67.6. The second-order valence-electron chi connectivity index (χ2n) is 31.2. The second-order valence-corrected chi connectivity index (χ2v) is 34.1. The molecule has 0 rings (SSSR count). The number of aliphatic hydroxyl groups is 1. The van der Waals surface area contributed by atoms with Gasteiger partial charge in [0, 0.05) is 25.7 Å². The molecule has 3 N–H and O–H groups in total. The molecule has 0 spiro atoms. The number of rotatable bonds is 83. The van der Waals surface area contributed by atoms with Gasteiger partial charge in [-0.15, -0.1) is 0 Å². The third-order valence-corrected chi connectivity index (χ3v) is 21.6. The number of carbonyl (C=O) groups excluding carboxylic acids is 4. The molecule has 0 aliphatic heterocycles. The van der Waals surface area contributed by atoms with Crippen LogP contribution in [0.5, 0.6) is 0 Å². The Hall–Kier alpha value is -1.94. The highest BCUT2D eigenvalue weighted by Gasteiger charge is 2.30. The Morgan fingerprint density at radius 2 is 0.447 bits per heavy atom. The average molecular weight is 1510 g/mol. The Balaban J connectivity index is 5.23. The van der Waals surface area contributed by atoms with Gasteiger partial charge in [0.1, 0.15) is 19.3 Å². The molecule has 0 saturated carbocycles. The van der Waals surface area contributed by atoms with Gasteiger partial charge in [0.2, 0.25) is 0 Å². The molecule has 0 aromatic carbocycles. The number of phosphoric ester groups is 2.